The second-order valence-electron chi connectivity index (χ2n) is 5.10. The third-order valence-electron chi connectivity index (χ3n) is 4.15. The van der Waals surface area contributed by atoms with Crippen molar-refractivity contribution in [2.75, 3.05) is 5.73 Å². The van der Waals surface area contributed by atoms with Gasteiger partial charge in [-0.2, -0.15) is 9.90 Å². The number of fused-ring (bicyclic) bond motifs is 3. The highest BCUT2D eigenvalue weighted by Gasteiger charge is 2.35. The van der Waals surface area contributed by atoms with Gasteiger partial charge in [-0.3, -0.25) is 0 Å². The fourth-order valence-electron chi connectivity index (χ4n) is 3.35. The van der Waals surface area contributed by atoms with Gasteiger partial charge in [0.1, 0.15) is 0 Å². The minimum Gasteiger partial charge on any atom is -0.381 e. The number of nitrogens with zero attached hydrogens (tertiary/aromatic N) is 3. The summed E-state index contributed by atoms with van der Waals surface area (Å²) < 4.78 is 0. The van der Waals surface area contributed by atoms with E-state index in [-0.39, 0.29) is 0 Å². The van der Waals surface area contributed by atoms with Gasteiger partial charge >= 0.3 is 0 Å². The van der Waals surface area contributed by atoms with E-state index >= 15 is 0 Å². The van der Waals surface area contributed by atoms with Crippen LogP contribution in [0.3, 0.4) is 0 Å². The minimum atomic E-state index is 0.538. The largest absolute Gasteiger partial charge is 0.381 e. The van der Waals surface area contributed by atoms with Crippen molar-refractivity contribution in [3.63, 3.8) is 0 Å². The van der Waals surface area contributed by atoms with Crippen molar-refractivity contribution >= 4 is 5.82 Å². The van der Waals surface area contributed by atoms with Crippen molar-refractivity contribution in [2.24, 2.45) is 17.8 Å². The SMILES string of the molecule is Nc1cnn(CC2CC3CCC2CC3)n1. The van der Waals surface area contributed by atoms with Crippen LogP contribution in [0.2, 0.25) is 0 Å². The maximum absolute atomic E-state index is 5.57. The number of hydrogen-bond donors (Lipinski definition) is 1. The van der Waals surface area contributed by atoms with E-state index in [0.29, 0.717) is 5.82 Å². The molecule has 1 aromatic rings. The van der Waals surface area contributed by atoms with E-state index in [1.165, 1.54) is 32.1 Å². The average Bonchev–Trinajstić information content (AvgIpc) is 2.66. The number of aromatic nitrogens is 3. The summed E-state index contributed by atoms with van der Waals surface area (Å²) in [7, 11) is 0. The molecule has 82 valence electrons. The summed E-state index contributed by atoms with van der Waals surface area (Å²) in [6.45, 7) is 0.971. The molecule has 0 aliphatic heterocycles. The summed E-state index contributed by atoms with van der Waals surface area (Å²) in [6.07, 6.45) is 8.77. The Morgan fingerprint density at radius 2 is 2.13 bits per heavy atom. The third kappa shape index (κ3) is 1.73. The molecule has 0 radical (unpaired) electrons. The highest BCUT2D eigenvalue weighted by molar-refractivity contribution is 5.19. The van der Waals surface area contributed by atoms with E-state index in [1.54, 1.807) is 11.0 Å². The standard InChI is InChI=1S/C11H18N4/c12-11-6-13-15(14-11)7-10-5-8-1-3-9(10)4-2-8/h6,8-10H,1-5,7H2,(H2,12,14). The Morgan fingerprint density at radius 1 is 1.33 bits per heavy atom. The van der Waals surface area contributed by atoms with Gasteiger partial charge in [-0.1, -0.05) is 12.8 Å². The first-order valence-corrected chi connectivity index (χ1v) is 5.97. The topological polar surface area (TPSA) is 56.7 Å². The van der Waals surface area contributed by atoms with Crippen LogP contribution < -0.4 is 5.73 Å². The maximum atomic E-state index is 5.57. The number of hydrogen-bond acceptors (Lipinski definition) is 3. The zero-order valence-corrected chi connectivity index (χ0v) is 8.97. The summed E-state index contributed by atoms with van der Waals surface area (Å²) >= 11 is 0. The van der Waals surface area contributed by atoms with Crippen molar-refractivity contribution < 1.29 is 0 Å². The van der Waals surface area contributed by atoms with Gasteiger partial charge in [0.2, 0.25) is 0 Å². The van der Waals surface area contributed by atoms with Crippen LogP contribution in [-0.2, 0) is 6.54 Å². The molecule has 1 aromatic heterocycles. The molecule has 4 rings (SSSR count). The van der Waals surface area contributed by atoms with Crippen molar-refractivity contribution in [1.29, 1.82) is 0 Å². The van der Waals surface area contributed by atoms with Crippen LogP contribution in [0.5, 0.6) is 0 Å². The molecule has 0 saturated heterocycles. The van der Waals surface area contributed by atoms with Crippen LogP contribution in [-0.4, -0.2) is 15.0 Å². The molecule has 3 fully saturated rings. The molecule has 0 aromatic carbocycles. The zero-order chi connectivity index (χ0) is 10.3. The molecule has 1 unspecified atom stereocenters. The second-order valence-corrected chi connectivity index (χ2v) is 5.10. The lowest BCUT2D eigenvalue weighted by molar-refractivity contribution is 0.0811. The fourth-order valence-corrected chi connectivity index (χ4v) is 3.35. The predicted molar refractivity (Wildman–Crippen MR) is 58.0 cm³/mol. The lowest BCUT2D eigenvalue weighted by Gasteiger charge is -2.42. The predicted octanol–water partition coefficient (Wildman–Crippen LogP) is 1.69. The molecule has 0 spiro atoms. The van der Waals surface area contributed by atoms with Gasteiger partial charge in [-0.05, 0) is 37.0 Å². The Balaban J connectivity index is 1.68. The Labute approximate surface area is 89.8 Å². The molecule has 2 bridgehead atoms. The minimum absolute atomic E-state index is 0.538. The molecule has 3 aliphatic rings. The Morgan fingerprint density at radius 3 is 2.67 bits per heavy atom. The van der Waals surface area contributed by atoms with Gasteiger partial charge in [0, 0.05) is 0 Å². The summed E-state index contributed by atoms with van der Waals surface area (Å²) in [5.74, 6) is 3.23. The second kappa shape index (κ2) is 3.51. The molecular weight excluding hydrogens is 188 g/mol. The smallest absolute Gasteiger partial charge is 0.165 e. The van der Waals surface area contributed by atoms with Gasteiger partial charge in [-0.25, -0.2) is 0 Å². The van der Waals surface area contributed by atoms with E-state index < -0.39 is 0 Å². The number of rotatable bonds is 2. The summed E-state index contributed by atoms with van der Waals surface area (Å²) in [5.41, 5.74) is 5.57. The van der Waals surface area contributed by atoms with E-state index in [1.807, 2.05) is 0 Å². The first kappa shape index (κ1) is 9.19. The lowest BCUT2D eigenvalue weighted by atomic mass is 9.65. The zero-order valence-electron chi connectivity index (χ0n) is 8.97. The van der Waals surface area contributed by atoms with Crippen molar-refractivity contribution in [2.45, 2.75) is 38.6 Å². The van der Waals surface area contributed by atoms with E-state index in [2.05, 4.69) is 10.2 Å². The van der Waals surface area contributed by atoms with Crippen LogP contribution in [0, 0.1) is 17.8 Å². The van der Waals surface area contributed by atoms with Gasteiger partial charge in [0.15, 0.2) is 5.82 Å². The van der Waals surface area contributed by atoms with Crippen LogP contribution in [0.15, 0.2) is 6.20 Å². The molecule has 1 heterocycles. The van der Waals surface area contributed by atoms with Gasteiger partial charge in [-0.15, -0.1) is 5.10 Å². The van der Waals surface area contributed by atoms with Gasteiger partial charge < -0.3 is 5.73 Å². The van der Waals surface area contributed by atoms with Gasteiger partial charge in [0.25, 0.3) is 0 Å². The average molecular weight is 206 g/mol. The Kier molecular flexibility index (Phi) is 2.15. The maximum Gasteiger partial charge on any atom is 0.165 e. The van der Waals surface area contributed by atoms with E-state index in [9.17, 15) is 0 Å². The highest BCUT2D eigenvalue weighted by atomic mass is 15.5. The third-order valence-corrected chi connectivity index (χ3v) is 4.15. The summed E-state index contributed by atoms with van der Waals surface area (Å²) in [5, 5.41) is 8.35. The van der Waals surface area contributed by atoms with Crippen LogP contribution >= 0.6 is 0 Å². The van der Waals surface area contributed by atoms with Gasteiger partial charge in [0.05, 0.1) is 12.7 Å². The van der Waals surface area contributed by atoms with E-state index in [0.717, 1.165) is 24.3 Å². The molecule has 0 amide bonds. The molecule has 3 saturated carbocycles. The molecule has 1 atom stereocenters. The van der Waals surface area contributed by atoms with Crippen LogP contribution in [0.25, 0.3) is 0 Å². The molecule has 3 aliphatic carbocycles. The normalized spacial score (nSPS) is 34.5. The molecule has 2 N–H and O–H groups in total. The summed E-state index contributed by atoms with van der Waals surface area (Å²) in [4.78, 5) is 1.78. The number of anilines is 1. The number of nitrogens with two attached hydrogens (primary N) is 1. The summed E-state index contributed by atoms with van der Waals surface area (Å²) in [6, 6.07) is 0. The van der Waals surface area contributed by atoms with Crippen molar-refractivity contribution in [1.82, 2.24) is 15.0 Å². The Bertz CT molecular complexity index is 338. The molecule has 15 heavy (non-hydrogen) atoms. The van der Waals surface area contributed by atoms with Crippen LogP contribution in [0.4, 0.5) is 5.82 Å². The molecular formula is C11H18N4. The highest BCUT2D eigenvalue weighted by Crippen LogP contribution is 2.45. The van der Waals surface area contributed by atoms with E-state index in [4.69, 9.17) is 5.73 Å². The lowest BCUT2D eigenvalue weighted by Crippen LogP contribution is -2.34. The first-order chi connectivity index (χ1) is 7.31. The fraction of sp³-hybridized carbons (Fsp3) is 0.818. The molecule has 4 heteroatoms. The first-order valence-electron chi connectivity index (χ1n) is 5.97. The quantitative estimate of drug-likeness (QED) is 0.801. The Hall–Kier alpha value is -1.06. The monoisotopic (exact) mass is 206 g/mol. The van der Waals surface area contributed by atoms with Crippen LogP contribution in [0.1, 0.15) is 32.1 Å². The van der Waals surface area contributed by atoms with Crippen molar-refractivity contribution in [3.8, 4) is 0 Å². The number of nitrogen functional groups attached to an aromatic ring is 1. The van der Waals surface area contributed by atoms with Crippen molar-refractivity contribution in [3.05, 3.63) is 6.20 Å². The molecule has 4 nitrogen and oxygen atoms in total.